The van der Waals surface area contributed by atoms with E-state index in [1.807, 2.05) is 24.3 Å². The quantitative estimate of drug-likeness (QED) is 0.793. The number of carbonyl (C=O) groups excluding carboxylic acids is 1. The van der Waals surface area contributed by atoms with E-state index < -0.39 is 0 Å². The van der Waals surface area contributed by atoms with Crippen LogP contribution < -0.4 is 11.1 Å². The lowest BCUT2D eigenvalue weighted by Crippen LogP contribution is -2.23. The number of halogens is 2. The first-order chi connectivity index (χ1) is 9.09. The standard InChI is InChI=1S/C14H12Br2N2O/c15-11-6-2-1-4-9(11)8-18-14(19)10-5-3-7-12(17)13(10)16/h1-7H,8,17H2,(H,18,19). The summed E-state index contributed by atoms with van der Waals surface area (Å²) in [5, 5.41) is 2.87. The molecular formula is C14H12Br2N2O. The zero-order valence-corrected chi connectivity index (χ0v) is 13.2. The second kappa shape index (κ2) is 6.21. The minimum Gasteiger partial charge on any atom is -0.398 e. The topological polar surface area (TPSA) is 55.1 Å². The van der Waals surface area contributed by atoms with Crippen molar-refractivity contribution in [1.29, 1.82) is 0 Å². The van der Waals surface area contributed by atoms with Crippen molar-refractivity contribution in [1.82, 2.24) is 5.32 Å². The molecule has 2 aromatic carbocycles. The molecule has 0 unspecified atom stereocenters. The highest BCUT2D eigenvalue weighted by molar-refractivity contribution is 9.11. The lowest BCUT2D eigenvalue weighted by Gasteiger charge is -2.09. The van der Waals surface area contributed by atoms with E-state index in [9.17, 15) is 4.79 Å². The zero-order chi connectivity index (χ0) is 13.8. The molecule has 2 aromatic rings. The molecule has 0 aliphatic carbocycles. The van der Waals surface area contributed by atoms with Gasteiger partial charge in [-0.25, -0.2) is 0 Å². The normalized spacial score (nSPS) is 10.2. The lowest BCUT2D eigenvalue weighted by molar-refractivity contribution is 0.0950. The molecule has 98 valence electrons. The SMILES string of the molecule is Nc1cccc(C(=O)NCc2ccccc2Br)c1Br. The highest BCUT2D eigenvalue weighted by Crippen LogP contribution is 2.23. The fourth-order valence-corrected chi connectivity index (χ4v) is 2.51. The average molecular weight is 384 g/mol. The van der Waals surface area contributed by atoms with Crippen LogP contribution in [0.2, 0.25) is 0 Å². The molecule has 0 fully saturated rings. The van der Waals surface area contributed by atoms with Gasteiger partial charge in [0.05, 0.1) is 10.0 Å². The average Bonchev–Trinajstić information content (AvgIpc) is 2.40. The second-order valence-electron chi connectivity index (χ2n) is 3.98. The molecule has 0 aromatic heterocycles. The van der Waals surface area contributed by atoms with Crippen LogP contribution in [0.4, 0.5) is 5.69 Å². The van der Waals surface area contributed by atoms with Crippen molar-refractivity contribution in [3.63, 3.8) is 0 Å². The van der Waals surface area contributed by atoms with E-state index in [1.165, 1.54) is 0 Å². The Morgan fingerprint density at radius 3 is 2.58 bits per heavy atom. The second-order valence-corrected chi connectivity index (χ2v) is 5.63. The molecule has 2 rings (SSSR count). The summed E-state index contributed by atoms with van der Waals surface area (Å²) in [5.41, 5.74) is 7.86. The van der Waals surface area contributed by atoms with Gasteiger partial charge in [0.15, 0.2) is 0 Å². The van der Waals surface area contributed by atoms with Crippen molar-refractivity contribution in [2.45, 2.75) is 6.54 Å². The van der Waals surface area contributed by atoms with Gasteiger partial charge < -0.3 is 11.1 Å². The molecular weight excluding hydrogens is 372 g/mol. The number of nitrogens with two attached hydrogens (primary N) is 1. The molecule has 0 bridgehead atoms. The molecule has 1 amide bonds. The Kier molecular flexibility index (Phi) is 4.61. The molecule has 3 N–H and O–H groups in total. The predicted octanol–water partition coefficient (Wildman–Crippen LogP) is 3.72. The molecule has 3 nitrogen and oxygen atoms in total. The van der Waals surface area contributed by atoms with Gasteiger partial charge in [-0.2, -0.15) is 0 Å². The Labute approximate surface area is 128 Å². The van der Waals surface area contributed by atoms with E-state index in [4.69, 9.17) is 5.73 Å². The van der Waals surface area contributed by atoms with E-state index in [2.05, 4.69) is 37.2 Å². The smallest absolute Gasteiger partial charge is 0.252 e. The highest BCUT2D eigenvalue weighted by atomic mass is 79.9. The largest absolute Gasteiger partial charge is 0.398 e. The maximum atomic E-state index is 12.1. The molecule has 0 atom stereocenters. The summed E-state index contributed by atoms with van der Waals surface area (Å²) in [6.07, 6.45) is 0. The van der Waals surface area contributed by atoms with Crippen molar-refractivity contribution in [2.24, 2.45) is 0 Å². The van der Waals surface area contributed by atoms with E-state index in [0.717, 1.165) is 10.0 Å². The number of amides is 1. The van der Waals surface area contributed by atoms with Crippen molar-refractivity contribution < 1.29 is 4.79 Å². The van der Waals surface area contributed by atoms with Crippen LogP contribution in [0.25, 0.3) is 0 Å². The molecule has 0 saturated heterocycles. The van der Waals surface area contributed by atoms with Gasteiger partial charge >= 0.3 is 0 Å². The first-order valence-corrected chi connectivity index (χ1v) is 7.24. The van der Waals surface area contributed by atoms with Crippen molar-refractivity contribution in [3.05, 3.63) is 62.5 Å². The first-order valence-electron chi connectivity index (χ1n) is 5.65. The third-order valence-electron chi connectivity index (χ3n) is 2.67. The van der Waals surface area contributed by atoms with Crippen LogP contribution in [-0.4, -0.2) is 5.91 Å². The number of anilines is 1. The zero-order valence-electron chi connectivity index (χ0n) is 9.99. The number of hydrogen-bond donors (Lipinski definition) is 2. The summed E-state index contributed by atoms with van der Waals surface area (Å²) < 4.78 is 1.60. The molecule has 5 heteroatoms. The van der Waals surface area contributed by atoms with E-state index >= 15 is 0 Å². The Hall–Kier alpha value is -1.33. The number of benzene rings is 2. The Morgan fingerprint density at radius 2 is 1.84 bits per heavy atom. The van der Waals surface area contributed by atoms with E-state index in [0.29, 0.717) is 22.3 Å². The van der Waals surface area contributed by atoms with Crippen LogP contribution >= 0.6 is 31.9 Å². The van der Waals surface area contributed by atoms with Crippen LogP contribution in [0.5, 0.6) is 0 Å². The fourth-order valence-electron chi connectivity index (χ4n) is 1.64. The van der Waals surface area contributed by atoms with Gasteiger partial charge in [-0.05, 0) is 39.7 Å². The van der Waals surface area contributed by atoms with Crippen LogP contribution in [0.1, 0.15) is 15.9 Å². The van der Waals surface area contributed by atoms with Crippen LogP contribution in [0.15, 0.2) is 51.4 Å². The van der Waals surface area contributed by atoms with Crippen molar-refractivity contribution in [3.8, 4) is 0 Å². The van der Waals surface area contributed by atoms with Crippen molar-refractivity contribution in [2.75, 3.05) is 5.73 Å². The molecule has 0 heterocycles. The van der Waals surface area contributed by atoms with E-state index in [-0.39, 0.29) is 5.91 Å². The number of carbonyl (C=O) groups is 1. The molecule has 0 aliphatic heterocycles. The molecule has 0 saturated carbocycles. The molecule has 0 radical (unpaired) electrons. The molecule has 0 spiro atoms. The maximum absolute atomic E-state index is 12.1. The highest BCUT2D eigenvalue weighted by Gasteiger charge is 2.11. The Balaban J connectivity index is 2.10. The van der Waals surface area contributed by atoms with Gasteiger partial charge in [0, 0.05) is 16.7 Å². The van der Waals surface area contributed by atoms with Gasteiger partial charge in [0.25, 0.3) is 5.91 Å². The summed E-state index contributed by atoms with van der Waals surface area (Å²) in [4.78, 5) is 12.1. The number of nitrogens with one attached hydrogen (secondary N) is 1. The number of nitrogen functional groups attached to an aromatic ring is 1. The predicted molar refractivity (Wildman–Crippen MR) is 83.9 cm³/mol. The Bertz CT molecular complexity index is 614. The van der Waals surface area contributed by atoms with Gasteiger partial charge in [0.2, 0.25) is 0 Å². The van der Waals surface area contributed by atoms with Crippen molar-refractivity contribution >= 4 is 43.5 Å². The van der Waals surface area contributed by atoms with Gasteiger partial charge in [0.1, 0.15) is 0 Å². The van der Waals surface area contributed by atoms with Gasteiger partial charge in [-0.15, -0.1) is 0 Å². The van der Waals surface area contributed by atoms with Crippen LogP contribution in [0, 0.1) is 0 Å². The summed E-state index contributed by atoms with van der Waals surface area (Å²) >= 11 is 6.77. The third kappa shape index (κ3) is 3.36. The Morgan fingerprint density at radius 1 is 1.11 bits per heavy atom. The number of rotatable bonds is 3. The van der Waals surface area contributed by atoms with Gasteiger partial charge in [-0.1, -0.05) is 40.2 Å². The summed E-state index contributed by atoms with van der Waals surface area (Å²) in [7, 11) is 0. The minimum atomic E-state index is -0.157. The number of hydrogen-bond acceptors (Lipinski definition) is 2. The maximum Gasteiger partial charge on any atom is 0.252 e. The minimum absolute atomic E-state index is 0.157. The van der Waals surface area contributed by atoms with E-state index in [1.54, 1.807) is 18.2 Å². The lowest BCUT2D eigenvalue weighted by atomic mass is 10.1. The molecule has 19 heavy (non-hydrogen) atoms. The summed E-state index contributed by atoms with van der Waals surface area (Å²) in [6.45, 7) is 0.460. The first kappa shape index (κ1) is 14.1. The third-order valence-corrected chi connectivity index (χ3v) is 4.33. The summed E-state index contributed by atoms with van der Waals surface area (Å²) in [5.74, 6) is -0.157. The molecule has 0 aliphatic rings. The van der Waals surface area contributed by atoms with Crippen LogP contribution in [0.3, 0.4) is 0 Å². The summed E-state index contributed by atoms with van der Waals surface area (Å²) in [6, 6.07) is 13.0. The van der Waals surface area contributed by atoms with Gasteiger partial charge in [-0.3, -0.25) is 4.79 Å². The van der Waals surface area contributed by atoms with Crippen LogP contribution in [-0.2, 0) is 6.54 Å². The monoisotopic (exact) mass is 382 g/mol. The fraction of sp³-hybridized carbons (Fsp3) is 0.0714.